The molecule has 198 valence electrons. The fourth-order valence-corrected chi connectivity index (χ4v) is 4.23. The van der Waals surface area contributed by atoms with Gasteiger partial charge in [0, 0.05) is 11.1 Å². The molecule has 5 rings (SSSR count). The molecule has 0 radical (unpaired) electrons. The summed E-state index contributed by atoms with van der Waals surface area (Å²) in [7, 11) is 3.33. The van der Waals surface area contributed by atoms with Crippen LogP contribution in [0.2, 0.25) is 0 Å². The zero-order valence-corrected chi connectivity index (χ0v) is 22.5. The SMILES string of the molecule is COc1ccc(/C(=C/Oc2ccc(O/C=C(\c3ccccc3)c3ccc(OC)cc3)cc2)c2ccccc2)cc1. The van der Waals surface area contributed by atoms with Crippen LogP contribution >= 0.6 is 0 Å². The summed E-state index contributed by atoms with van der Waals surface area (Å²) in [5.41, 5.74) is 6.12. The highest BCUT2D eigenvalue weighted by molar-refractivity contribution is 5.80. The van der Waals surface area contributed by atoms with Crippen molar-refractivity contribution in [3.63, 3.8) is 0 Å². The van der Waals surface area contributed by atoms with Crippen molar-refractivity contribution in [3.05, 3.63) is 168 Å². The summed E-state index contributed by atoms with van der Waals surface area (Å²) in [4.78, 5) is 0. The van der Waals surface area contributed by atoms with Gasteiger partial charge in [-0.15, -0.1) is 0 Å². The molecule has 0 fully saturated rings. The van der Waals surface area contributed by atoms with E-state index in [2.05, 4.69) is 24.3 Å². The zero-order valence-electron chi connectivity index (χ0n) is 22.5. The fourth-order valence-electron chi connectivity index (χ4n) is 4.23. The van der Waals surface area contributed by atoms with Crippen LogP contribution in [-0.2, 0) is 0 Å². The van der Waals surface area contributed by atoms with E-state index in [1.54, 1.807) is 26.7 Å². The Morgan fingerprint density at radius 2 is 0.675 bits per heavy atom. The Bertz CT molecular complexity index is 1430. The minimum atomic E-state index is 0.705. The summed E-state index contributed by atoms with van der Waals surface area (Å²) in [5, 5.41) is 0. The molecule has 0 heterocycles. The normalized spacial score (nSPS) is 11.6. The van der Waals surface area contributed by atoms with Gasteiger partial charge in [-0.05, 0) is 70.8 Å². The van der Waals surface area contributed by atoms with Crippen molar-refractivity contribution < 1.29 is 18.9 Å². The molecule has 0 N–H and O–H groups in total. The van der Waals surface area contributed by atoms with Gasteiger partial charge in [0.25, 0.3) is 0 Å². The Kier molecular flexibility index (Phi) is 8.60. The van der Waals surface area contributed by atoms with Crippen molar-refractivity contribution in [3.8, 4) is 23.0 Å². The number of methoxy groups -OCH3 is 2. The van der Waals surface area contributed by atoms with Crippen LogP contribution in [0.1, 0.15) is 22.3 Å². The maximum Gasteiger partial charge on any atom is 0.126 e. The third-order valence-electron chi connectivity index (χ3n) is 6.42. The quantitative estimate of drug-likeness (QED) is 0.171. The van der Waals surface area contributed by atoms with Crippen LogP contribution < -0.4 is 18.9 Å². The number of rotatable bonds is 10. The first-order valence-corrected chi connectivity index (χ1v) is 13.0. The summed E-state index contributed by atoms with van der Waals surface area (Å²) in [6.07, 6.45) is 3.56. The number of hydrogen-bond donors (Lipinski definition) is 0. The lowest BCUT2D eigenvalue weighted by molar-refractivity contribution is 0.414. The molecule has 40 heavy (non-hydrogen) atoms. The molecule has 0 aromatic heterocycles. The summed E-state index contributed by atoms with van der Waals surface area (Å²) in [6.45, 7) is 0. The smallest absolute Gasteiger partial charge is 0.126 e. The predicted molar refractivity (Wildman–Crippen MR) is 161 cm³/mol. The molecule has 0 aliphatic rings. The minimum absolute atomic E-state index is 0.705. The van der Waals surface area contributed by atoms with Crippen molar-refractivity contribution in [2.75, 3.05) is 14.2 Å². The molecule has 0 amide bonds. The first-order chi connectivity index (χ1) is 19.7. The molecule has 0 saturated carbocycles. The van der Waals surface area contributed by atoms with Crippen LogP contribution in [0.5, 0.6) is 23.0 Å². The Morgan fingerprint density at radius 3 is 1.00 bits per heavy atom. The zero-order chi connectivity index (χ0) is 27.6. The largest absolute Gasteiger partial charge is 0.497 e. The Morgan fingerprint density at radius 1 is 0.375 bits per heavy atom. The Balaban J connectivity index is 1.35. The molecule has 5 aromatic carbocycles. The molecular weight excluding hydrogens is 496 g/mol. The first-order valence-electron chi connectivity index (χ1n) is 13.0. The van der Waals surface area contributed by atoms with Crippen LogP contribution in [0.25, 0.3) is 11.1 Å². The molecule has 0 unspecified atom stereocenters. The second kappa shape index (κ2) is 13.0. The number of benzene rings is 5. The molecule has 0 saturated heterocycles. The van der Waals surface area contributed by atoms with Gasteiger partial charge in [-0.1, -0.05) is 84.9 Å². The van der Waals surface area contributed by atoms with E-state index >= 15 is 0 Å². The third kappa shape index (κ3) is 6.61. The molecule has 0 aliphatic heterocycles. The highest BCUT2D eigenvalue weighted by Gasteiger charge is 2.08. The van der Waals surface area contributed by atoms with E-state index in [9.17, 15) is 0 Å². The monoisotopic (exact) mass is 526 g/mol. The van der Waals surface area contributed by atoms with Gasteiger partial charge in [0.2, 0.25) is 0 Å². The first kappa shape index (κ1) is 26.4. The molecule has 0 atom stereocenters. The van der Waals surface area contributed by atoms with Crippen molar-refractivity contribution in [1.82, 2.24) is 0 Å². The summed E-state index contributed by atoms with van der Waals surface area (Å²) in [6, 6.07) is 43.8. The second-order valence-electron chi connectivity index (χ2n) is 8.96. The van der Waals surface area contributed by atoms with Crippen LogP contribution in [0.15, 0.2) is 146 Å². The lowest BCUT2D eigenvalue weighted by Gasteiger charge is -2.11. The van der Waals surface area contributed by atoms with Gasteiger partial charge in [0.15, 0.2) is 0 Å². The van der Waals surface area contributed by atoms with Gasteiger partial charge >= 0.3 is 0 Å². The molecule has 4 nitrogen and oxygen atoms in total. The van der Waals surface area contributed by atoms with Gasteiger partial charge in [-0.25, -0.2) is 0 Å². The average Bonchev–Trinajstić information content (AvgIpc) is 3.03. The summed E-state index contributed by atoms with van der Waals surface area (Å²) < 4.78 is 22.8. The molecule has 0 bridgehead atoms. The van der Waals surface area contributed by atoms with Crippen molar-refractivity contribution in [1.29, 1.82) is 0 Å². The van der Waals surface area contributed by atoms with Gasteiger partial charge in [-0.2, -0.15) is 0 Å². The topological polar surface area (TPSA) is 36.9 Å². The molecule has 0 aliphatic carbocycles. The fraction of sp³-hybridized carbons (Fsp3) is 0.0556. The highest BCUT2D eigenvalue weighted by Crippen LogP contribution is 2.28. The maximum absolute atomic E-state index is 6.10. The maximum atomic E-state index is 6.10. The van der Waals surface area contributed by atoms with Crippen molar-refractivity contribution in [2.45, 2.75) is 0 Å². The van der Waals surface area contributed by atoms with E-state index in [0.717, 1.165) is 44.9 Å². The molecule has 4 heteroatoms. The van der Waals surface area contributed by atoms with Gasteiger partial charge in [0.05, 0.1) is 26.7 Å². The van der Waals surface area contributed by atoms with Crippen molar-refractivity contribution >= 4 is 11.1 Å². The average molecular weight is 527 g/mol. The third-order valence-corrected chi connectivity index (χ3v) is 6.42. The van der Waals surface area contributed by atoms with E-state index in [1.165, 1.54) is 0 Å². The van der Waals surface area contributed by atoms with Gasteiger partial charge in [-0.3, -0.25) is 0 Å². The second-order valence-corrected chi connectivity index (χ2v) is 8.96. The summed E-state index contributed by atoms with van der Waals surface area (Å²) >= 11 is 0. The van der Waals surface area contributed by atoms with Gasteiger partial charge < -0.3 is 18.9 Å². The van der Waals surface area contributed by atoms with E-state index in [0.29, 0.717) is 11.5 Å². The number of hydrogen-bond acceptors (Lipinski definition) is 4. The predicted octanol–water partition coefficient (Wildman–Crippen LogP) is 8.64. The van der Waals surface area contributed by atoms with E-state index in [-0.39, 0.29) is 0 Å². The Labute approximate surface area is 235 Å². The minimum Gasteiger partial charge on any atom is -0.497 e. The standard InChI is InChI=1S/C36H30O4/c1-37-31-17-13-29(14-18-31)35(27-9-5-3-6-10-27)25-39-33-21-23-34(24-22-33)40-26-36(28-11-7-4-8-12-28)30-15-19-32(38-2)20-16-30/h3-26H,1-2H3/b35-25+,36-26+. The van der Waals surface area contributed by atoms with Crippen molar-refractivity contribution in [2.24, 2.45) is 0 Å². The van der Waals surface area contributed by atoms with Crippen LogP contribution in [0.3, 0.4) is 0 Å². The number of ether oxygens (including phenoxy) is 4. The van der Waals surface area contributed by atoms with E-state index in [1.807, 2.05) is 109 Å². The highest BCUT2D eigenvalue weighted by atomic mass is 16.5. The molecule has 0 spiro atoms. The Hall–Kier alpha value is -5.22. The van der Waals surface area contributed by atoms with E-state index < -0.39 is 0 Å². The van der Waals surface area contributed by atoms with Gasteiger partial charge in [0.1, 0.15) is 23.0 Å². The van der Waals surface area contributed by atoms with Crippen LogP contribution in [0.4, 0.5) is 0 Å². The lowest BCUT2D eigenvalue weighted by atomic mass is 9.99. The lowest BCUT2D eigenvalue weighted by Crippen LogP contribution is -1.94. The summed E-state index contributed by atoms with van der Waals surface area (Å²) in [5.74, 6) is 3.03. The van der Waals surface area contributed by atoms with E-state index in [4.69, 9.17) is 18.9 Å². The molecular formula is C36H30O4. The van der Waals surface area contributed by atoms with Crippen LogP contribution in [0, 0.1) is 0 Å². The van der Waals surface area contributed by atoms with Crippen LogP contribution in [-0.4, -0.2) is 14.2 Å². The molecule has 5 aromatic rings.